The Bertz CT molecular complexity index is 1080. The van der Waals surface area contributed by atoms with Crippen LogP contribution in [0.5, 0.6) is 5.75 Å². The zero-order valence-corrected chi connectivity index (χ0v) is 19.0. The van der Waals surface area contributed by atoms with Crippen molar-refractivity contribution in [3.8, 4) is 5.75 Å². The van der Waals surface area contributed by atoms with Gasteiger partial charge in [0.25, 0.3) is 5.91 Å². The lowest BCUT2D eigenvalue weighted by Gasteiger charge is -2.27. The van der Waals surface area contributed by atoms with E-state index in [2.05, 4.69) is 25.7 Å². The number of benzene rings is 1. The monoisotopic (exact) mass is 484 g/mol. The summed E-state index contributed by atoms with van der Waals surface area (Å²) in [7, 11) is -3.56. The van der Waals surface area contributed by atoms with E-state index in [4.69, 9.17) is 4.74 Å². The van der Waals surface area contributed by atoms with Crippen LogP contribution in [0.25, 0.3) is 0 Å². The zero-order chi connectivity index (χ0) is 24.1. The smallest absolute Gasteiger partial charge is 0.387 e. The first-order valence-electron chi connectivity index (χ1n) is 10.1. The van der Waals surface area contributed by atoms with Crippen LogP contribution in [-0.4, -0.2) is 50.6 Å². The second kappa shape index (κ2) is 10.5. The molecule has 0 unspecified atom stereocenters. The summed E-state index contributed by atoms with van der Waals surface area (Å²) in [5, 5.41) is 8.74. The molecule has 0 bridgehead atoms. The lowest BCUT2D eigenvalue weighted by molar-refractivity contribution is -0.0500. The van der Waals surface area contributed by atoms with Crippen molar-refractivity contribution in [1.82, 2.24) is 15.6 Å². The summed E-state index contributed by atoms with van der Waals surface area (Å²) in [5.74, 6) is -0.979. The molecule has 2 heterocycles. The standard InChI is InChI=1S/C21H26F2N4O5S/c1-21(2)11-24-12-25-13-31-9-14-3-4-16(7-15(14)10-33(21,29)30)27-19(28)18-6-5-17(8-26-18)32-20(22)23/h3-8,20,24-25H,9-13H2,1-2H3,(H,27,28). The number of nitrogens with one attached hydrogen (secondary N) is 3. The lowest BCUT2D eigenvalue weighted by Crippen LogP contribution is -2.45. The molecule has 0 atom stereocenters. The third-order valence-electron chi connectivity index (χ3n) is 5.11. The van der Waals surface area contributed by atoms with Gasteiger partial charge in [-0.05, 0) is 49.2 Å². The molecule has 1 amide bonds. The zero-order valence-electron chi connectivity index (χ0n) is 18.2. The van der Waals surface area contributed by atoms with Crippen LogP contribution < -0.4 is 20.7 Å². The minimum absolute atomic E-state index is 0.0152. The van der Waals surface area contributed by atoms with Crippen molar-refractivity contribution >= 4 is 21.4 Å². The molecule has 1 aromatic carbocycles. The van der Waals surface area contributed by atoms with Gasteiger partial charge in [0.05, 0.1) is 30.0 Å². The number of sulfone groups is 1. The first-order chi connectivity index (χ1) is 15.6. The molecule has 3 rings (SSSR count). The van der Waals surface area contributed by atoms with Crippen LogP contribution in [0.2, 0.25) is 0 Å². The quantitative estimate of drug-likeness (QED) is 0.605. The first kappa shape index (κ1) is 25.0. The maximum absolute atomic E-state index is 13.1. The Hall–Kier alpha value is -2.67. The minimum Gasteiger partial charge on any atom is -0.433 e. The van der Waals surface area contributed by atoms with Gasteiger partial charge < -0.3 is 20.1 Å². The van der Waals surface area contributed by atoms with Crippen molar-refractivity contribution in [3.63, 3.8) is 0 Å². The summed E-state index contributed by atoms with van der Waals surface area (Å²) in [6, 6.07) is 7.38. The summed E-state index contributed by atoms with van der Waals surface area (Å²) in [4.78, 5) is 16.4. The van der Waals surface area contributed by atoms with Gasteiger partial charge in [-0.1, -0.05) is 6.07 Å². The number of carbonyl (C=O) groups is 1. The first-order valence-corrected chi connectivity index (χ1v) is 11.8. The molecule has 0 fully saturated rings. The maximum atomic E-state index is 13.1. The summed E-state index contributed by atoms with van der Waals surface area (Å²) >= 11 is 0. The van der Waals surface area contributed by atoms with Crippen molar-refractivity contribution < 1.29 is 31.5 Å². The van der Waals surface area contributed by atoms with Crippen molar-refractivity contribution in [2.45, 2.75) is 37.6 Å². The molecule has 9 nitrogen and oxygen atoms in total. The van der Waals surface area contributed by atoms with E-state index in [9.17, 15) is 22.0 Å². The number of amides is 1. The second-order valence-corrected chi connectivity index (χ2v) is 10.7. The molecule has 1 aliphatic heterocycles. The van der Waals surface area contributed by atoms with Gasteiger partial charge in [0.15, 0.2) is 9.84 Å². The predicted octanol–water partition coefficient (Wildman–Crippen LogP) is 2.25. The summed E-state index contributed by atoms with van der Waals surface area (Å²) in [5.41, 5.74) is 1.55. The number of ether oxygens (including phenoxy) is 2. The number of alkyl halides is 2. The third kappa shape index (κ3) is 6.67. The molecule has 12 heteroatoms. The van der Waals surface area contributed by atoms with E-state index in [1.165, 1.54) is 12.1 Å². The van der Waals surface area contributed by atoms with Gasteiger partial charge in [-0.15, -0.1) is 0 Å². The Morgan fingerprint density at radius 3 is 2.70 bits per heavy atom. The topological polar surface area (TPSA) is 119 Å². The number of hydrogen-bond acceptors (Lipinski definition) is 8. The number of nitrogens with zero attached hydrogens (tertiary/aromatic N) is 1. The van der Waals surface area contributed by atoms with Crippen LogP contribution in [0, 0.1) is 0 Å². The second-order valence-electron chi connectivity index (χ2n) is 8.06. The Morgan fingerprint density at radius 2 is 2.00 bits per heavy atom. The number of fused-ring (bicyclic) bond motifs is 1. The number of halogens is 2. The number of carbonyl (C=O) groups excluding carboxylic acids is 1. The molecule has 180 valence electrons. The Kier molecular flexibility index (Phi) is 7.95. The molecule has 33 heavy (non-hydrogen) atoms. The molecule has 1 aromatic heterocycles. The van der Waals surface area contributed by atoms with Crippen molar-refractivity contribution in [2.24, 2.45) is 0 Å². The minimum atomic E-state index is -3.56. The largest absolute Gasteiger partial charge is 0.433 e. The summed E-state index contributed by atoms with van der Waals surface area (Å²) in [6.45, 7) is 1.49. The van der Waals surface area contributed by atoms with Crippen LogP contribution in [0.1, 0.15) is 35.5 Å². The molecular weight excluding hydrogens is 458 g/mol. The van der Waals surface area contributed by atoms with E-state index in [1.54, 1.807) is 32.0 Å². The molecule has 0 saturated heterocycles. The molecule has 0 spiro atoms. The van der Waals surface area contributed by atoms with Crippen molar-refractivity contribution in [2.75, 3.05) is 25.3 Å². The van der Waals surface area contributed by atoms with E-state index in [0.717, 1.165) is 6.20 Å². The van der Waals surface area contributed by atoms with Gasteiger partial charge in [0.2, 0.25) is 0 Å². The van der Waals surface area contributed by atoms with Crippen LogP contribution in [-0.2, 0) is 26.9 Å². The van der Waals surface area contributed by atoms with Gasteiger partial charge in [-0.2, -0.15) is 8.78 Å². The Labute approximate surface area is 190 Å². The van der Waals surface area contributed by atoms with E-state index in [0.29, 0.717) is 23.5 Å². The van der Waals surface area contributed by atoms with Gasteiger partial charge in [-0.3, -0.25) is 10.1 Å². The van der Waals surface area contributed by atoms with Gasteiger partial charge in [0.1, 0.15) is 11.4 Å². The molecule has 0 radical (unpaired) electrons. The number of rotatable bonds is 4. The number of pyridine rings is 1. The summed E-state index contributed by atoms with van der Waals surface area (Å²) in [6.07, 6.45) is 1.02. The highest BCUT2D eigenvalue weighted by Crippen LogP contribution is 2.26. The van der Waals surface area contributed by atoms with E-state index in [-0.39, 0.29) is 37.1 Å². The lowest BCUT2D eigenvalue weighted by atomic mass is 10.1. The third-order valence-corrected chi connectivity index (χ3v) is 7.63. The molecule has 1 aliphatic rings. The molecule has 0 aliphatic carbocycles. The molecular formula is C21H26F2N4O5S. The summed E-state index contributed by atoms with van der Waals surface area (Å²) < 4.78 is 59.5. The van der Waals surface area contributed by atoms with Crippen LogP contribution in [0.3, 0.4) is 0 Å². The van der Waals surface area contributed by atoms with E-state index < -0.39 is 27.1 Å². The van der Waals surface area contributed by atoms with E-state index in [1.807, 2.05) is 0 Å². The SMILES string of the molecule is CC1(C)CNCNCOCc2ccc(NC(=O)c3ccc(OC(F)F)cn3)cc2CS1(=O)=O. The Balaban J connectivity index is 1.82. The fourth-order valence-electron chi connectivity index (χ4n) is 3.11. The van der Waals surface area contributed by atoms with Crippen LogP contribution >= 0.6 is 0 Å². The van der Waals surface area contributed by atoms with E-state index >= 15 is 0 Å². The normalized spacial score (nSPS) is 18.5. The highest BCUT2D eigenvalue weighted by Gasteiger charge is 2.34. The van der Waals surface area contributed by atoms with Crippen LogP contribution in [0.4, 0.5) is 14.5 Å². The highest BCUT2D eigenvalue weighted by atomic mass is 32.2. The predicted molar refractivity (Wildman–Crippen MR) is 118 cm³/mol. The Morgan fingerprint density at radius 1 is 1.21 bits per heavy atom. The fourth-order valence-corrected chi connectivity index (χ4v) is 4.50. The fraction of sp³-hybridized carbons (Fsp3) is 0.429. The molecule has 3 N–H and O–H groups in total. The molecule has 0 saturated carbocycles. The number of hydrogen-bond donors (Lipinski definition) is 3. The van der Waals surface area contributed by atoms with Crippen molar-refractivity contribution in [1.29, 1.82) is 0 Å². The van der Waals surface area contributed by atoms with Gasteiger partial charge in [-0.25, -0.2) is 13.4 Å². The highest BCUT2D eigenvalue weighted by molar-refractivity contribution is 7.92. The average Bonchev–Trinajstić information content (AvgIpc) is 2.73. The molecule has 2 aromatic rings. The number of anilines is 1. The number of aromatic nitrogens is 1. The van der Waals surface area contributed by atoms with Crippen molar-refractivity contribution in [3.05, 3.63) is 53.3 Å². The maximum Gasteiger partial charge on any atom is 0.387 e. The van der Waals surface area contributed by atoms with Gasteiger partial charge in [0, 0.05) is 18.9 Å². The average molecular weight is 485 g/mol. The van der Waals surface area contributed by atoms with Crippen LogP contribution in [0.15, 0.2) is 36.5 Å². The van der Waals surface area contributed by atoms with Gasteiger partial charge >= 0.3 is 6.61 Å².